The first-order valence-electron chi connectivity index (χ1n) is 7.71. The van der Waals surface area contributed by atoms with Crippen molar-refractivity contribution in [3.63, 3.8) is 0 Å². The zero-order valence-corrected chi connectivity index (χ0v) is 13.1. The van der Waals surface area contributed by atoms with Gasteiger partial charge >= 0.3 is 0 Å². The van der Waals surface area contributed by atoms with Crippen molar-refractivity contribution in [3.05, 3.63) is 71.8 Å². The highest BCUT2D eigenvalue weighted by Gasteiger charge is 2.48. The standard InChI is InChI=1S/C19H21N.ClH/c1-3-7-16(8-4-1)18-15-20-13-11-19(18,12-14-20)17-9-5-2-6-10-17;/h1-10,18H,11-15H2;1H. The summed E-state index contributed by atoms with van der Waals surface area (Å²) in [5.74, 6) is 0.647. The summed E-state index contributed by atoms with van der Waals surface area (Å²) in [6.07, 6.45) is 2.60. The van der Waals surface area contributed by atoms with Crippen molar-refractivity contribution in [1.29, 1.82) is 0 Å². The van der Waals surface area contributed by atoms with Gasteiger partial charge in [0, 0.05) is 17.9 Å². The van der Waals surface area contributed by atoms with Crippen LogP contribution in [0.5, 0.6) is 0 Å². The van der Waals surface area contributed by atoms with Gasteiger partial charge in [0.15, 0.2) is 0 Å². The van der Waals surface area contributed by atoms with Gasteiger partial charge in [-0.1, -0.05) is 60.7 Å². The van der Waals surface area contributed by atoms with E-state index in [2.05, 4.69) is 65.6 Å². The quantitative estimate of drug-likeness (QED) is 0.802. The molecule has 2 aromatic carbocycles. The Kier molecular flexibility index (Phi) is 4.05. The topological polar surface area (TPSA) is 3.24 Å². The molecule has 0 aromatic heterocycles. The first-order chi connectivity index (χ1) is 9.88. The van der Waals surface area contributed by atoms with Crippen molar-refractivity contribution in [2.24, 2.45) is 0 Å². The zero-order chi connectivity index (χ0) is 13.4. The van der Waals surface area contributed by atoms with Gasteiger partial charge in [-0.2, -0.15) is 0 Å². The first kappa shape index (κ1) is 14.6. The van der Waals surface area contributed by atoms with Gasteiger partial charge in [-0.3, -0.25) is 0 Å². The molecule has 1 atom stereocenters. The zero-order valence-electron chi connectivity index (χ0n) is 12.2. The molecule has 1 unspecified atom stereocenters. The highest BCUT2D eigenvalue weighted by atomic mass is 35.5. The molecule has 5 rings (SSSR count). The molecule has 3 aliphatic rings. The second-order valence-electron chi connectivity index (χ2n) is 6.29. The largest absolute Gasteiger partial charge is 0.303 e. The van der Waals surface area contributed by atoms with Crippen LogP contribution in [0.15, 0.2) is 60.7 Å². The summed E-state index contributed by atoms with van der Waals surface area (Å²) >= 11 is 0. The number of benzene rings is 2. The van der Waals surface area contributed by atoms with Gasteiger partial charge < -0.3 is 4.90 Å². The van der Waals surface area contributed by atoms with Gasteiger partial charge in [-0.05, 0) is 37.1 Å². The number of halogens is 1. The lowest BCUT2D eigenvalue weighted by Gasteiger charge is -2.54. The summed E-state index contributed by atoms with van der Waals surface area (Å²) in [7, 11) is 0. The Morgan fingerprint density at radius 2 is 1.38 bits per heavy atom. The predicted octanol–water partition coefficient (Wildman–Crippen LogP) is 4.24. The Morgan fingerprint density at radius 1 is 0.810 bits per heavy atom. The molecule has 0 saturated carbocycles. The monoisotopic (exact) mass is 299 g/mol. The van der Waals surface area contributed by atoms with Gasteiger partial charge in [0.2, 0.25) is 0 Å². The maximum absolute atomic E-state index is 2.64. The van der Waals surface area contributed by atoms with Crippen molar-refractivity contribution in [2.45, 2.75) is 24.2 Å². The van der Waals surface area contributed by atoms with Crippen LogP contribution >= 0.6 is 12.4 Å². The van der Waals surface area contributed by atoms with E-state index in [9.17, 15) is 0 Å². The fraction of sp³-hybridized carbons (Fsp3) is 0.368. The fourth-order valence-corrected chi connectivity index (χ4v) is 4.29. The summed E-state index contributed by atoms with van der Waals surface area (Å²) in [6.45, 7) is 3.75. The molecule has 3 fully saturated rings. The van der Waals surface area contributed by atoms with E-state index in [1.165, 1.54) is 38.0 Å². The van der Waals surface area contributed by atoms with E-state index in [1.807, 2.05) is 0 Å². The molecule has 3 aliphatic heterocycles. The summed E-state index contributed by atoms with van der Waals surface area (Å²) in [5, 5.41) is 0. The van der Waals surface area contributed by atoms with E-state index in [1.54, 1.807) is 5.56 Å². The Balaban J connectivity index is 0.00000132. The smallest absolute Gasteiger partial charge is 0.00639 e. The van der Waals surface area contributed by atoms with Crippen molar-refractivity contribution in [1.82, 2.24) is 4.90 Å². The second kappa shape index (κ2) is 5.82. The van der Waals surface area contributed by atoms with Crippen LogP contribution in [0, 0.1) is 0 Å². The molecule has 3 heterocycles. The highest BCUT2D eigenvalue weighted by Crippen LogP contribution is 2.50. The minimum Gasteiger partial charge on any atom is -0.303 e. The molecule has 2 heteroatoms. The minimum atomic E-state index is 0. The average molecular weight is 300 g/mol. The SMILES string of the molecule is Cl.c1ccc(C2CN3CCC2(c2ccccc2)CC3)cc1. The van der Waals surface area contributed by atoms with E-state index in [0.29, 0.717) is 11.3 Å². The third kappa shape index (κ3) is 2.39. The van der Waals surface area contributed by atoms with Gasteiger partial charge in [0.1, 0.15) is 0 Å². The first-order valence-corrected chi connectivity index (χ1v) is 7.71. The highest BCUT2D eigenvalue weighted by molar-refractivity contribution is 5.85. The molecule has 0 N–H and O–H groups in total. The molecule has 110 valence electrons. The summed E-state index contributed by atoms with van der Waals surface area (Å²) < 4.78 is 0. The lowest BCUT2D eigenvalue weighted by Crippen LogP contribution is -2.55. The molecule has 2 aromatic rings. The number of hydrogen-bond donors (Lipinski definition) is 0. The molecule has 0 amide bonds. The van der Waals surface area contributed by atoms with Gasteiger partial charge in [-0.15, -0.1) is 12.4 Å². The second-order valence-corrected chi connectivity index (χ2v) is 6.29. The minimum absolute atomic E-state index is 0. The maximum atomic E-state index is 2.64. The van der Waals surface area contributed by atoms with E-state index in [-0.39, 0.29) is 12.4 Å². The van der Waals surface area contributed by atoms with Crippen LogP contribution in [0.4, 0.5) is 0 Å². The van der Waals surface area contributed by atoms with E-state index in [4.69, 9.17) is 0 Å². The molecular formula is C19H22ClN. The molecular weight excluding hydrogens is 278 g/mol. The van der Waals surface area contributed by atoms with Gasteiger partial charge in [0.05, 0.1) is 0 Å². The van der Waals surface area contributed by atoms with Crippen molar-refractivity contribution in [2.75, 3.05) is 19.6 Å². The normalized spacial score (nSPS) is 30.7. The Labute approximate surface area is 133 Å². The molecule has 0 radical (unpaired) electrons. The van der Waals surface area contributed by atoms with Crippen LogP contribution in [-0.4, -0.2) is 24.5 Å². The van der Waals surface area contributed by atoms with Crippen molar-refractivity contribution < 1.29 is 0 Å². The molecule has 3 saturated heterocycles. The van der Waals surface area contributed by atoms with E-state index in [0.717, 1.165) is 0 Å². The fourth-order valence-electron chi connectivity index (χ4n) is 4.29. The molecule has 2 bridgehead atoms. The van der Waals surface area contributed by atoms with Crippen LogP contribution in [-0.2, 0) is 5.41 Å². The number of fused-ring (bicyclic) bond motifs is 3. The van der Waals surface area contributed by atoms with Crippen molar-refractivity contribution in [3.8, 4) is 0 Å². The van der Waals surface area contributed by atoms with Crippen molar-refractivity contribution >= 4 is 12.4 Å². The number of nitrogens with zero attached hydrogens (tertiary/aromatic N) is 1. The lowest BCUT2D eigenvalue weighted by atomic mass is 9.59. The summed E-state index contributed by atoms with van der Waals surface area (Å²) in [5.41, 5.74) is 3.42. The predicted molar refractivity (Wildman–Crippen MR) is 90.2 cm³/mol. The van der Waals surface area contributed by atoms with Gasteiger partial charge in [-0.25, -0.2) is 0 Å². The number of piperidine rings is 3. The third-order valence-electron chi connectivity index (χ3n) is 5.41. The van der Waals surface area contributed by atoms with Crippen LogP contribution in [0.3, 0.4) is 0 Å². The van der Waals surface area contributed by atoms with Crippen LogP contribution < -0.4 is 0 Å². The molecule has 21 heavy (non-hydrogen) atoms. The molecule has 1 nitrogen and oxygen atoms in total. The summed E-state index contributed by atoms with van der Waals surface area (Å²) in [4.78, 5) is 2.64. The molecule has 0 spiro atoms. The third-order valence-corrected chi connectivity index (χ3v) is 5.41. The Morgan fingerprint density at radius 3 is 2.00 bits per heavy atom. The van der Waals surface area contributed by atoms with Gasteiger partial charge in [0.25, 0.3) is 0 Å². The number of rotatable bonds is 2. The molecule has 0 aliphatic carbocycles. The average Bonchev–Trinajstić information content (AvgIpc) is 2.57. The van der Waals surface area contributed by atoms with E-state index >= 15 is 0 Å². The Hall–Kier alpha value is -1.31. The maximum Gasteiger partial charge on any atom is 0.00639 e. The van der Waals surface area contributed by atoms with E-state index < -0.39 is 0 Å². The van der Waals surface area contributed by atoms with Crippen LogP contribution in [0.25, 0.3) is 0 Å². The summed E-state index contributed by atoms with van der Waals surface area (Å²) in [6, 6.07) is 22.4. The number of hydrogen-bond acceptors (Lipinski definition) is 1. The Bertz CT molecular complexity index is 573. The lowest BCUT2D eigenvalue weighted by molar-refractivity contribution is 0.0571. The van der Waals surface area contributed by atoms with Crippen LogP contribution in [0.1, 0.15) is 29.9 Å². The van der Waals surface area contributed by atoms with Crippen LogP contribution in [0.2, 0.25) is 0 Å².